The van der Waals surface area contributed by atoms with E-state index in [1.165, 1.54) is 11.1 Å². The lowest BCUT2D eigenvalue weighted by Crippen LogP contribution is -2.29. The van der Waals surface area contributed by atoms with Crippen molar-refractivity contribution in [3.8, 4) is 0 Å². The third kappa shape index (κ3) is 2.77. The molecule has 3 N–H and O–H groups in total. The number of hydrogen-bond acceptors (Lipinski definition) is 3. The molecule has 1 aromatic carbocycles. The van der Waals surface area contributed by atoms with E-state index in [0.29, 0.717) is 0 Å². The number of hydrogen-bond donors (Lipinski definition) is 2. The average molecular weight is 295 g/mol. The standard InChI is InChI=1S/C13H15BrN2O/c1-9-4-2-3-5-10(9)8-12(16-15)13-11(14)6-7-17-13/h2-7,12,16H,8,15H2,1H3. The van der Waals surface area contributed by atoms with Gasteiger partial charge in [0.1, 0.15) is 5.76 Å². The molecular formula is C13H15BrN2O. The molecule has 0 fully saturated rings. The van der Waals surface area contributed by atoms with Crippen LogP contribution >= 0.6 is 15.9 Å². The quantitative estimate of drug-likeness (QED) is 0.673. The number of halogens is 1. The minimum Gasteiger partial charge on any atom is -0.466 e. The van der Waals surface area contributed by atoms with Gasteiger partial charge in [0.05, 0.1) is 16.8 Å². The lowest BCUT2D eigenvalue weighted by atomic mass is 10.0. The van der Waals surface area contributed by atoms with Crippen LogP contribution in [0.25, 0.3) is 0 Å². The highest BCUT2D eigenvalue weighted by Gasteiger charge is 2.17. The Morgan fingerprint density at radius 2 is 2.12 bits per heavy atom. The Bertz CT molecular complexity index is 496. The highest BCUT2D eigenvalue weighted by atomic mass is 79.9. The molecule has 0 aliphatic carbocycles. The average Bonchev–Trinajstić information content (AvgIpc) is 2.75. The number of rotatable bonds is 4. The summed E-state index contributed by atoms with van der Waals surface area (Å²) in [7, 11) is 0. The van der Waals surface area contributed by atoms with Crippen LogP contribution in [0.1, 0.15) is 22.9 Å². The molecule has 0 radical (unpaired) electrons. The summed E-state index contributed by atoms with van der Waals surface area (Å²) < 4.78 is 6.38. The number of aryl methyl sites for hydroxylation is 1. The van der Waals surface area contributed by atoms with Crippen molar-refractivity contribution < 1.29 is 4.42 Å². The summed E-state index contributed by atoms with van der Waals surface area (Å²) in [6.45, 7) is 2.10. The van der Waals surface area contributed by atoms with Crippen molar-refractivity contribution in [2.24, 2.45) is 5.84 Å². The second-order valence-electron chi connectivity index (χ2n) is 3.98. The monoisotopic (exact) mass is 294 g/mol. The van der Waals surface area contributed by atoms with Crippen LogP contribution in [0.3, 0.4) is 0 Å². The topological polar surface area (TPSA) is 51.2 Å². The molecule has 17 heavy (non-hydrogen) atoms. The molecule has 3 nitrogen and oxygen atoms in total. The van der Waals surface area contributed by atoms with E-state index in [2.05, 4.69) is 40.4 Å². The van der Waals surface area contributed by atoms with Crippen molar-refractivity contribution in [1.29, 1.82) is 0 Å². The fourth-order valence-corrected chi connectivity index (χ4v) is 2.32. The Labute approximate surface area is 109 Å². The number of nitrogens with two attached hydrogens (primary N) is 1. The third-order valence-corrected chi connectivity index (χ3v) is 3.50. The maximum absolute atomic E-state index is 5.60. The van der Waals surface area contributed by atoms with Crippen molar-refractivity contribution in [2.75, 3.05) is 0 Å². The van der Waals surface area contributed by atoms with E-state index in [1.54, 1.807) is 6.26 Å². The molecule has 0 aliphatic heterocycles. The summed E-state index contributed by atoms with van der Waals surface area (Å²) in [5, 5.41) is 0. The Hall–Kier alpha value is -1.10. The second kappa shape index (κ2) is 5.49. The zero-order valence-corrected chi connectivity index (χ0v) is 11.2. The molecule has 4 heteroatoms. The van der Waals surface area contributed by atoms with Gasteiger partial charge in [-0.3, -0.25) is 5.84 Å². The Morgan fingerprint density at radius 1 is 1.35 bits per heavy atom. The van der Waals surface area contributed by atoms with Crippen LogP contribution < -0.4 is 11.3 Å². The van der Waals surface area contributed by atoms with Gasteiger partial charge in [-0.25, -0.2) is 5.43 Å². The molecule has 0 bridgehead atoms. The molecule has 0 saturated heterocycles. The molecule has 0 amide bonds. The van der Waals surface area contributed by atoms with E-state index in [9.17, 15) is 0 Å². The predicted molar refractivity (Wildman–Crippen MR) is 71.4 cm³/mol. The summed E-state index contributed by atoms with van der Waals surface area (Å²) in [6, 6.07) is 10.1. The second-order valence-corrected chi connectivity index (χ2v) is 4.84. The minimum absolute atomic E-state index is 0.0273. The van der Waals surface area contributed by atoms with Gasteiger partial charge in [-0.15, -0.1) is 0 Å². The molecule has 1 aromatic heterocycles. The molecule has 2 aromatic rings. The molecule has 0 spiro atoms. The van der Waals surface area contributed by atoms with E-state index in [0.717, 1.165) is 16.7 Å². The normalized spacial score (nSPS) is 12.6. The SMILES string of the molecule is Cc1ccccc1CC(NN)c1occc1Br. The summed E-state index contributed by atoms with van der Waals surface area (Å²) in [5.74, 6) is 6.43. The van der Waals surface area contributed by atoms with Gasteiger partial charge in [0.2, 0.25) is 0 Å². The molecule has 2 rings (SSSR count). The summed E-state index contributed by atoms with van der Waals surface area (Å²) in [4.78, 5) is 0. The van der Waals surface area contributed by atoms with E-state index in [4.69, 9.17) is 10.3 Å². The van der Waals surface area contributed by atoms with Crippen LogP contribution in [-0.2, 0) is 6.42 Å². The van der Waals surface area contributed by atoms with E-state index in [-0.39, 0.29) is 6.04 Å². The van der Waals surface area contributed by atoms with Gasteiger partial charge in [-0.05, 0) is 46.5 Å². The van der Waals surface area contributed by atoms with Crippen LogP contribution in [0.5, 0.6) is 0 Å². The van der Waals surface area contributed by atoms with E-state index < -0.39 is 0 Å². The van der Waals surface area contributed by atoms with Gasteiger partial charge in [0, 0.05) is 0 Å². The van der Waals surface area contributed by atoms with Gasteiger partial charge in [0.25, 0.3) is 0 Å². The van der Waals surface area contributed by atoms with Gasteiger partial charge >= 0.3 is 0 Å². The zero-order chi connectivity index (χ0) is 12.3. The molecular weight excluding hydrogens is 280 g/mol. The fourth-order valence-electron chi connectivity index (χ4n) is 1.84. The van der Waals surface area contributed by atoms with Crippen molar-refractivity contribution in [1.82, 2.24) is 5.43 Å². The highest BCUT2D eigenvalue weighted by molar-refractivity contribution is 9.10. The molecule has 1 heterocycles. The maximum Gasteiger partial charge on any atom is 0.136 e. The number of furan rings is 1. The zero-order valence-electron chi connectivity index (χ0n) is 9.61. The van der Waals surface area contributed by atoms with Gasteiger partial charge in [-0.1, -0.05) is 24.3 Å². The van der Waals surface area contributed by atoms with E-state index in [1.807, 2.05) is 18.2 Å². The largest absolute Gasteiger partial charge is 0.466 e. The first-order chi connectivity index (χ1) is 8.22. The summed E-state index contributed by atoms with van der Waals surface area (Å²) >= 11 is 3.45. The van der Waals surface area contributed by atoms with Crippen LogP contribution in [0.2, 0.25) is 0 Å². The third-order valence-electron chi connectivity index (χ3n) is 2.85. The van der Waals surface area contributed by atoms with Gasteiger partial charge in [0.15, 0.2) is 0 Å². The number of hydrazine groups is 1. The predicted octanol–water partition coefficient (Wildman–Crippen LogP) is 3.10. The lowest BCUT2D eigenvalue weighted by molar-refractivity contribution is 0.413. The fraction of sp³-hybridized carbons (Fsp3) is 0.231. The van der Waals surface area contributed by atoms with Crippen molar-refractivity contribution in [2.45, 2.75) is 19.4 Å². The molecule has 0 saturated carbocycles. The van der Waals surface area contributed by atoms with Gasteiger partial charge < -0.3 is 4.42 Å². The van der Waals surface area contributed by atoms with Crippen LogP contribution in [-0.4, -0.2) is 0 Å². The smallest absolute Gasteiger partial charge is 0.136 e. The van der Waals surface area contributed by atoms with Crippen molar-refractivity contribution >= 4 is 15.9 Å². The van der Waals surface area contributed by atoms with Crippen molar-refractivity contribution in [3.63, 3.8) is 0 Å². The number of nitrogens with one attached hydrogen (secondary N) is 1. The Balaban J connectivity index is 2.22. The Morgan fingerprint density at radius 3 is 2.71 bits per heavy atom. The molecule has 90 valence electrons. The molecule has 1 atom stereocenters. The van der Waals surface area contributed by atoms with E-state index >= 15 is 0 Å². The number of benzene rings is 1. The molecule has 0 aliphatic rings. The lowest BCUT2D eigenvalue weighted by Gasteiger charge is -2.15. The first kappa shape index (κ1) is 12.4. The van der Waals surface area contributed by atoms with Crippen molar-refractivity contribution in [3.05, 3.63) is 58.0 Å². The van der Waals surface area contributed by atoms with Gasteiger partial charge in [-0.2, -0.15) is 0 Å². The summed E-state index contributed by atoms with van der Waals surface area (Å²) in [6.07, 6.45) is 2.46. The summed E-state index contributed by atoms with van der Waals surface area (Å²) in [5.41, 5.74) is 5.32. The minimum atomic E-state index is -0.0273. The van der Waals surface area contributed by atoms with Crippen LogP contribution in [0, 0.1) is 6.92 Å². The maximum atomic E-state index is 5.60. The first-order valence-electron chi connectivity index (χ1n) is 5.46. The van der Waals surface area contributed by atoms with Crippen LogP contribution in [0.4, 0.5) is 0 Å². The molecule has 1 unspecified atom stereocenters. The Kier molecular flexibility index (Phi) is 3.99. The van der Waals surface area contributed by atoms with Crippen LogP contribution in [0.15, 0.2) is 45.5 Å². The highest BCUT2D eigenvalue weighted by Crippen LogP contribution is 2.27. The first-order valence-corrected chi connectivity index (χ1v) is 6.25.